The zero-order valence-electron chi connectivity index (χ0n) is 14.6. The van der Waals surface area contributed by atoms with Crippen molar-refractivity contribution in [3.05, 3.63) is 24.3 Å². The van der Waals surface area contributed by atoms with Gasteiger partial charge in [-0.05, 0) is 73.8 Å². The number of hydrogen-bond donors (Lipinski definition) is 3. The molecule has 4 fully saturated rings. The van der Waals surface area contributed by atoms with Crippen LogP contribution in [0.15, 0.2) is 24.3 Å². The normalized spacial score (nSPS) is 32.4. The molecule has 5 heteroatoms. The number of amides is 2. The third kappa shape index (κ3) is 3.51. The number of benzene rings is 1. The Morgan fingerprint density at radius 1 is 1.00 bits per heavy atom. The summed E-state index contributed by atoms with van der Waals surface area (Å²) in [5.74, 6) is 2.28. The first-order chi connectivity index (χ1) is 12.0. The molecule has 0 saturated heterocycles. The Balaban J connectivity index is 1.28. The minimum atomic E-state index is -0.239. The van der Waals surface area contributed by atoms with Crippen LogP contribution in [0.25, 0.3) is 0 Å². The van der Waals surface area contributed by atoms with Gasteiger partial charge in [0.2, 0.25) is 11.8 Å². The van der Waals surface area contributed by atoms with Gasteiger partial charge in [-0.1, -0.05) is 12.1 Å². The van der Waals surface area contributed by atoms with E-state index in [9.17, 15) is 9.59 Å². The highest BCUT2D eigenvalue weighted by atomic mass is 16.2. The zero-order chi connectivity index (χ0) is 17.4. The maximum atomic E-state index is 12.4. The van der Waals surface area contributed by atoms with E-state index < -0.39 is 0 Å². The van der Waals surface area contributed by atoms with Gasteiger partial charge < -0.3 is 16.4 Å². The van der Waals surface area contributed by atoms with Crippen molar-refractivity contribution in [1.29, 1.82) is 0 Å². The average molecular weight is 341 g/mol. The summed E-state index contributed by atoms with van der Waals surface area (Å²) in [5, 5.41) is 5.55. The van der Waals surface area contributed by atoms with E-state index in [1.54, 1.807) is 12.1 Å². The summed E-state index contributed by atoms with van der Waals surface area (Å²) in [6.07, 6.45) is 8.33. The molecule has 0 heterocycles. The second kappa shape index (κ2) is 6.36. The molecule has 0 aliphatic heterocycles. The fraction of sp³-hybridized carbons (Fsp3) is 0.600. The standard InChI is InChI=1S/C20H27N3O2/c21-16-3-1-2-4-17(16)23-19(25)12-22-18(24)11-20-8-13-5-14(9-20)7-15(6-13)10-20/h1-4,13-15H,5-12,21H2,(H,22,24)(H,23,25). The van der Waals surface area contributed by atoms with E-state index in [-0.39, 0.29) is 23.8 Å². The molecule has 0 radical (unpaired) electrons. The number of nitrogens with two attached hydrogens (primary N) is 1. The molecule has 5 nitrogen and oxygen atoms in total. The maximum absolute atomic E-state index is 12.4. The summed E-state index contributed by atoms with van der Waals surface area (Å²) in [5.41, 5.74) is 7.14. The molecule has 0 unspecified atom stereocenters. The van der Waals surface area contributed by atoms with Crippen molar-refractivity contribution in [2.45, 2.75) is 44.9 Å². The van der Waals surface area contributed by atoms with E-state index in [1.165, 1.54) is 38.5 Å². The highest BCUT2D eigenvalue weighted by Gasteiger charge is 2.51. The highest BCUT2D eigenvalue weighted by Crippen LogP contribution is 2.61. The smallest absolute Gasteiger partial charge is 0.243 e. The van der Waals surface area contributed by atoms with Crippen LogP contribution in [0.4, 0.5) is 11.4 Å². The van der Waals surface area contributed by atoms with Crippen molar-refractivity contribution in [1.82, 2.24) is 5.32 Å². The number of anilines is 2. The van der Waals surface area contributed by atoms with Crippen molar-refractivity contribution in [3.8, 4) is 0 Å². The van der Waals surface area contributed by atoms with E-state index in [4.69, 9.17) is 5.73 Å². The molecule has 4 saturated carbocycles. The lowest BCUT2D eigenvalue weighted by Gasteiger charge is -2.56. The Kier molecular flexibility index (Phi) is 4.18. The quantitative estimate of drug-likeness (QED) is 0.720. The van der Waals surface area contributed by atoms with Crippen molar-refractivity contribution >= 4 is 23.2 Å². The van der Waals surface area contributed by atoms with Gasteiger partial charge in [0.1, 0.15) is 0 Å². The summed E-state index contributed by atoms with van der Waals surface area (Å²) < 4.78 is 0. The molecule has 1 aromatic rings. The van der Waals surface area contributed by atoms with Crippen molar-refractivity contribution < 1.29 is 9.59 Å². The van der Waals surface area contributed by atoms with Gasteiger partial charge >= 0.3 is 0 Å². The Labute approximate surface area is 148 Å². The SMILES string of the molecule is Nc1ccccc1NC(=O)CNC(=O)CC12CC3CC(CC(C3)C1)C2. The molecule has 4 aliphatic rings. The van der Waals surface area contributed by atoms with E-state index >= 15 is 0 Å². The average Bonchev–Trinajstić information content (AvgIpc) is 2.53. The molecule has 4 aliphatic carbocycles. The van der Waals surface area contributed by atoms with Gasteiger partial charge in [-0.15, -0.1) is 0 Å². The first-order valence-corrected chi connectivity index (χ1v) is 9.42. The van der Waals surface area contributed by atoms with Crippen LogP contribution in [0.2, 0.25) is 0 Å². The second-order valence-corrected chi connectivity index (χ2v) is 8.51. The number of nitrogen functional groups attached to an aromatic ring is 1. The third-order valence-corrected chi connectivity index (χ3v) is 6.38. The second-order valence-electron chi connectivity index (χ2n) is 8.51. The molecular weight excluding hydrogens is 314 g/mol. The summed E-state index contributed by atoms with van der Waals surface area (Å²) in [7, 11) is 0. The molecule has 0 aromatic heterocycles. The predicted octanol–water partition coefficient (Wildman–Crippen LogP) is 2.93. The minimum Gasteiger partial charge on any atom is -0.397 e. The molecule has 0 spiro atoms. The molecule has 0 atom stereocenters. The molecular formula is C20H27N3O2. The summed E-state index contributed by atoms with van der Waals surface area (Å²) in [6.45, 7) is -0.000463. The fourth-order valence-electron chi connectivity index (χ4n) is 5.89. The third-order valence-electron chi connectivity index (χ3n) is 6.38. The largest absolute Gasteiger partial charge is 0.397 e. The zero-order valence-corrected chi connectivity index (χ0v) is 14.6. The van der Waals surface area contributed by atoms with Crippen LogP contribution >= 0.6 is 0 Å². The van der Waals surface area contributed by atoms with Crippen LogP contribution in [0, 0.1) is 23.2 Å². The lowest BCUT2D eigenvalue weighted by atomic mass is 9.49. The van der Waals surface area contributed by atoms with Crippen LogP contribution in [0.3, 0.4) is 0 Å². The van der Waals surface area contributed by atoms with Gasteiger partial charge in [0.15, 0.2) is 0 Å². The van der Waals surface area contributed by atoms with Gasteiger partial charge in [0, 0.05) is 6.42 Å². The van der Waals surface area contributed by atoms with Crippen molar-refractivity contribution in [2.24, 2.45) is 23.2 Å². The number of para-hydroxylation sites is 2. The predicted molar refractivity (Wildman–Crippen MR) is 97.7 cm³/mol. The molecule has 1 aromatic carbocycles. The minimum absolute atomic E-state index is 0.000463. The number of hydrogen-bond acceptors (Lipinski definition) is 3. The summed E-state index contributed by atoms with van der Waals surface area (Å²) >= 11 is 0. The van der Waals surface area contributed by atoms with Crippen LogP contribution in [0.1, 0.15) is 44.9 Å². The van der Waals surface area contributed by atoms with Gasteiger partial charge in [0.05, 0.1) is 17.9 Å². The highest BCUT2D eigenvalue weighted by molar-refractivity contribution is 5.96. The van der Waals surface area contributed by atoms with Gasteiger partial charge in [-0.25, -0.2) is 0 Å². The molecule has 4 N–H and O–H groups in total. The number of carbonyl (C=O) groups is 2. The van der Waals surface area contributed by atoms with E-state index in [0.29, 0.717) is 17.8 Å². The Hall–Kier alpha value is -2.04. The van der Waals surface area contributed by atoms with E-state index in [2.05, 4.69) is 10.6 Å². The summed E-state index contributed by atoms with van der Waals surface area (Å²) in [6, 6.07) is 7.13. The van der Waals surface area contributed by atoms with Crippen LogP contribution in [-0.4, -0.2) is 18.4 Å². The molecule has 2 amide bonds. The van der Waals surface area contributed by atoms with Crippen LogP contribution in [-0.2, 0) is 9.59 Å². The fourth-order valence-corrected chi connectivity index (χ4v) is 5.89. The van der Waals surface area contributed by atoms with Crippen LogP contribution < -0.4 is 16.4 Å². The number of carbonyl (C=O) groups excluding carboxylic acids is 2. The van der Waals surface area contributed by atoms with Gasteiger partial charge in [-0.2, -0.15) is 0 Å². The summed E-state index contributed by atoms with van der Waals surface area (Å²) in [4.78, 5) is 24.5. The molecule has 134 valence electrons. The topological polar surface area (TPSA) is 84.2 Å². The monoisotopic (exact) mass is 341 g/mol. The Morgan fingerprint density at radius 2 is 1.60 bits per heavy atom. The molecule has 5 rings (SSSR count). The van der Waals surface area contributed by atoms with Gasteiger partial charge in [-0.3, -0.25) is 9.59 Å². The van der Waals surface area contributed by atoms with Gasteiger partial charge in [0.25, 0.3) is 0 Å². The van der Waals surface area contributed by atoms with E-state index in [0.717, 1.165) is 17.8 Å². The maximum Gasteiger partial charge on any atom is 0.243 e. The lowest BCUT2D eigenvalue weighted by molar-refractivity contribution is -0.131. The van der Waals surface area contributed by atoms with Crippen LogP contribution in [0.5, 0.6) is 0 Å². The number of nitrogens with one attached hydrogen (secondary N) is 2. The van der Waals surface area contributed by atoms with E-state index in [1.807, 2.05) is 12.1 Å². The van der Waals surface area contributed by atoms with Crippen molar-refractivity contribution in [3.63, 3.8) is 0 Å². The first kappa shape index (κ1) is 16.4. The lowest BCUT2D eigenvalue weighted by Crippen LogP contribution is -2.48. The number of rotatable bonds is 5. The van der Waals surface area contributed by atoms with Crippen molar-refractivity contribution in [2.75, 3.05) is 17.6 Å². The Bertz CT molecular complexity index is 650. The molecule has 25 heavy (non-hydrogen) atoms. The first-order valence-electron chi connectivity index (χ1n) is 9.42. The Morgan fingerprint density at radius 3 is 2.20 bits per heavy atom. The molecule has 4 bridgehead atoms.